The van der Waals surface area contributed by atoms with Crippen molar-refractivity contribution in [3.63, 3.8) is 0 Å². The van der Waals surface area contributed by atoms with Gasteiger partial charge in [-0.15, -0.1) is 0 Å². The zero-order chi connectivity index (χ0) is 30.5. The molecule has 44 heavy (non-hydrogen) atoms. The number of nitrogens with two attached hydrogens (primary N) is 1. The number of aromatic amines is 1. The van der Waals surface area contributed by atoms with Crippen molar-refractivity contribution in [3.05, 3.63) is 125 Å². The van der Waals surface area contributed by atoms with Crippen molar-refractivity contribution < 1.29 is 14.4 Å². The molecule has 1 fully saturated rings. The lowest BCUT2D eigenvalue weighted by Crippen LogP contribution is -2.39. The van der Waals surface area contributed by atoms with Gasteiger partial charge in [-0.1, -0.05) is 97.8 Å². The lowest BCUT2D eigenvalue weighted by Gasteiger charge is -2.31. The van der Waals surface area contributed by atoms with Crippen LogP contribution in [0.15, 0.2) is 103 Å². The van der Waals surface area contributed by atoms with E-state index in [0.29, 0.717) is 11.3 Å². The zero-order valence-electron chi connectivity index (χ0n) is 24.5. The second-order valence-electron chi connectivity index (χ2n) is 11.5. The van der Waals surface area contributed by atoms with Crippen molar-refractivity contribution >= 4 is 34.3 Å². The molecule has 0 saturated heterocycles. The predicted octanol–water partition coefficient (Wildman–Crippen LogP) is 6.55. The minimum absolute atomic E-state index is 0.0294. The van der Waals surface area contributed by atoms with E-state index < -0.39 is 11.8 Å². The second kappa shape index (κ2) is 13.0. The summed E-state index contributed by atoms with van der Waals surface area (Å²) in [5, 5.41) is 6.73. The van der Waals surface area contributed by atoms with Crippen LogP contribution in [0.25, 0.3) is 22.2 Å². The molecule has 1 heterocycles. The number of carbonyl (C=O) groups excluding carboxylic acids is 3. The van der Waals surface area contributed by atoms with Crippen LogP contribution in [0.5, 0.6) is 0 Å². The Morgan fingerprint density at radius 1 is 0.795 bits per heavy atom. The summed E-state index contributed by atoms with van der Waals surface area (Å²) in [7, 11) is 0. The van der Waals surface area contributed by atoms with Crippen LogP contribution >= 0.6 is 0 Å². The Bertz CT molecular complexity index is 1790. The molecule has 222 valence electrons. The molecule has 1 aromatic heterocycles. The molecule has 0 spiro atoms. The van der Waals surface area contributed by atoms with E-state index in [1.165, 1.54) is 16.5 Å². The first-order valence-corrected chi connectivity index (χ1v) is 15.2. The van der Waals surface area contributed by atoms with Crippen molar-refractivity contribution in [2.45, 2.75) is 38.0 Å². The Morgan fingerprint density at radius 2 is 1.50 bits per heavy atom. The average molecular weight is 585 g/mol. The van der Waals surface area contributed by atoms with Crippen LogP contribution in [0.4, 0.5) is 5.69 Å². The van der Waals surface area contributed by atoms with Gasteiger partial charge in [-0.05, 0) is 59.2 Å². The standard InChI is InChI=1S/C37H36N4O3/c38-34(42)23-39-32-16-8-7-15-30(32)37(44)41-36(43)29-14-5-4-12-27(29)25-20-18-24(19-21-25)22-31-28-13-6-9-17-33(28)40-35(31)26-10-2-1-3-11-26/h1-3,6-11,13,15-21,27,29,39-40H,4-5,12,14,22-23H2,(H2,38,42)(H,41,43,44). The number of carbonyl (C=O) groups is 3. The van der Waals surface area contributed by atoms with Crippen molar-refractivity contribution in [1.29, 1.82) is 0 Å². The van der Waals surface area contributed by atoms with Gasteiger partial charge in [0.25, 0.3) is 5.91 Å². The summed E-state index contributed by atoms with van der Waals surface area (Å²) in [5.74, 6) is -1.57. The Kier molecular flexibility index (Phi) is 8.55. The summed E-state index contributed by atoms with van der Waals surface area (Å²) < 4.78 is 0. The molecule has 4 aromatic carbocycles. The highest BCUT2D eigenvalue weighted by Crippen LogP contribution is 2.39. The van der Waals surface area contributed by atoms with Crippen LogP contribution in [0.1, 0.15) is 58.6 Å². The number of benzene rings is 4. The average Bonchev–Trinajstić information content (AvgIpc) is 3.42. The van der Waals surface area contributed by atoms with Gasteiger partial charge >= 0.3 is 0 Å². The van der Waals surface area contributed by atoms with Crippen molar-refractivity contribution in [1.82, 2.24) is 10.3 Å². The minimum Gasteiger partial charge on any atom is -0.376 e. The highest BCUT2D eigenvalue weighted by atomic mass is 16.2. The molecule has 5 aromatic rings. The van der Waals surface area contributed by atoms with E-state index in [-0.39, 0.29) is 24.3 Å². The number of H-pyrrole nitrogens is 1. The summed E-state index contributed by atoms with van der Waals surface area (Å²) in [5.41, 5.74) is 13.0. The molecule has 6 rings (SSSR count). The second-order valence-corrected chi connectivity index (χ2v) is 11.5. The van der Waals surface area contributed by atoms with Gasteiger partial charge in [-0.3, -0.25) is 19.7 Å². The van der Waals surface area contributed by atoms with E-state index in [0.717, 1.165) is 54.4 Å². The molecular weight excluding hydrogens is 548 g/mol. The number of amides is 3. The molecule has 0 bridgehead atoms. The van der Waals surface area contributed by atoms with Crippen molar-refractivity contribution in [2.75, 3.05) is 11.9 Å². The monoisotopic (exact) mass is 584 g/mol. The van der Waals surface area contributed by atoms with Gasteiger partial charge in [0.2, 0.25) is 11.8 Å². The zero-order valence-corrected chi connectivity index (χ0v) is 24.5. The first-order valence-electron chi connectivity index (χ1n) is 15.2. The molecule has 1 aliphatic rings. The quantitative estimate of drug-likeness (QED) is 0.147. The van der Waals surface area contributed by atoms with Crippen molar-refractivity contribution in [3.8, 4) is 11.3 Å². The molecular formula is C37H36N4O3. The van der Waals surface area contributed by atoms with E-state index in [9.17, 15) is 14.4 Å². The highest BCUT2D eigenvalue weighted by Gasteiger charge is 2.33. The van der Waals surface area contributed by atoms with Crippen LogP contribution in [-0.4, -0.2) is 29.3 Å². The first-order chi connectivity index (χ1) is 21.5. The fraction of sp³-hybridized carbons (Fsp3) is 0.216. The SMILES string of the molecule is NC(=O)CNc1ccccc1C(=O)NC(=O)C1CCCCC1c1ccc(Cc2c(-c3ccccc3)[nH]c3ccccc23)cc1. The topological polar surface area (TPSA) is 117 Å². The molecule has 0 radical (unpaired) electrons. The first kappa shape index (κ1) is 28.9. The molecule has 5 N–H and O–H groups in total. The van der Waals surface area contributed by atoms with Gasteiger partial charge < -0.3 is 16.0 Å². The normalized spacial score (nSPS) is 16.4. The maximum absolute atomic E-state index is 13.5. The number of hydrogen-bond acceptors (Lipinski definition) is 4. The number of anilines is 1. The van der Waals surface area contributed by atoms with E-state index in [1.807, 2.05) is 6.07 Å². The number of primary amides is 1. The van der Waals surface area contributed by atoms with Gasteiger partial charge in [-0.25, -0.2) is 0 Å². The van der Waals surface area contributed by atoms with Gasteiger partial charge in [0.15, 0.2) is 0 Å². The Labute approximate surface area is 256 Å². The summed E-state index contributed by atoms with van der Waals surface area (Å²) in [6.07, 6.45) is 4.38. The maximum Gasteiger partial charge on any atom is 0.259 e. The fourth-order valence-electron chi connectivity index (χ4n) is 6.45. The maximum atomic E-state index is 13.5. The third-order valence-corrected chi connectivity index (χ3v) is 8.63. The Balaban J connectivity index is 1.19. The number of hydrogen-bond donors (Lipinski definition) is 4. The Morgan fingerprint density at radius 3 is 2.30 bits per heavy atom. The van der Waals surface area contributed by atoms with Gasteiger partial charge in [0.05, 0.1) is 17.8 Å². The van der Waals surface area contributed by atoms with Gasteiger partial charge in [0.1, 0.15) is 0 Å². The highest BCUT2D eigenvalue weighted by molar-refractivity contribution is 6.08. The van der Waals surface area contributed by atoms with Crippen LogP contribution < -0.4 is 16.4 Å². The molecule has 3 amide bonds. The molecule has 2 atom stereocenters. The number of para-hydroxylation sites is 2. The molecule has 2 unspecified atom stereocenters. The summed E-state index contributed by atoms with van der Waals surface area (Å²) >= 11 is 0. The largest absolute Gasteiger partial charge is 0.376 e. The third-order valence-electron chi connectivity index (χ3n) is 8.63. The van der Waals surface area contributed by atoms with E-state index >= 15 is 0 Å². The van der Waals surface area contributed by atoms with Gasteiger partial charge in [0, 0.05) is 28.9 Å². The summed E-state index contributed by atoms with van der Waals surface area (Å²) in [6, 6.07) is 34.2. The summed E-state index contributed by atoms with van der Waals surface area (Å²) in [6.45, 7) is -0.104. The minimum atomic E-state index is -0.537. The van der Waals surface area contributed by atoms with Crippen LogP contribution in [-0.2, 0) is 16.0 Å². The van der Waals surface area contributed by atoms with E-state index in [4.69, 9.17) is 5.73 Å². The molecule has 7 heteroatoms. The predicted molar refractivity (Wildman–Crippen MR) is 174 cm³/mol. The molecule has 7 nitrogen and oxygen atoms in total. The summed E-state index contributed by atoms with van der Waals surface area (Å²) in [4.78, 5) is 41.5. The van der Waals surface area contributed by atoms with E-state index in [2.05, 4.69) is 88.4 Å². The van der Waals surface area contributed by atoms with E-state index in [1.54, 1.807) is 24.3 Å². The molecule has 1 saturated carbocycles. The number of nitrogens with one attached hydrogen (secondary N) is 3. The molecule has 0 aliphatic heterocycles. The fourth-order valence-corrected chi connectivity index (χ4v) is 6.45. The lowest BCUT2D eigenvalue weighted by molar-refractivity contribution is -0.125. The van der Waals surface area contributed by atoms with Crippen LogP contribution in [0.2, 0.25) is 0 Å². The van der Waals surface area contributed by atoms with Crippen LogP contribution in [0, 0.1) is 5.92 Å². The number of imide groups is 1. The third kappa shape index (κ3) is 6.27. The number of rotatable bonds is 9. The van der Waals surface area contributed by atoms with Crippen molar-refractivity contribution in [2.24, 2.45) is 11.7 Å². The number of fused-ring (bicyclic) bond motifs is 1. The Hall–Kier alpha value is -5.17. The van der Waals surface area contributed by atoms with Crippen LogP contribution in [0.3, 0.4) is 0 Å². The van der Waals surface area contributed by atoms with Gasteiger partial charge in [-0.2, -0.15) is 0 Å². The molecule has 1 aliphatic carbocycles. The lowest BCUT2D eigenvalue weighted by atomic mass is 9.75. The smallest absolute Gasteiger partial charge is 0.259 e. The number of aromatic nitrogens is 1.